The Hall–Kier alpha value is -2.16. The molecular formula is C12H14F3N3O3. The third kappa shape index (κ3) is 5.38. The summed E-state index contributed by atoms with van der Waals surface area (Å²) in [5, 5.41) is 12.7. The van der Waals surface area contributed by atoms with Crippen LogP contribution < -0.4 is 10.6 Å². The molecule has 0 unspecified atom stereocenters. The van der Waals surface area contributed by atoms with E-state index in [0.717, 1.165) is 6.20 Å². The Labute approximate surface area is 118 Å². The van der Waals surface area contributed by atoms with Crippen molar-refractivity contribution in [1.29, 1.82) is 0 Å². The standard InChI is InChI=1S/C12H14F3N3O3/c13-12(14,15)11(21)18-9-7-16-5-3-8(9)10(20)17-4-1-2-6-19/h3,5,7,19H,1-2,4,6H2,(H,17,20)(H,18,21). The molecule has 1 aromatic rings. The first-order valence-corrected chi connectivity index (χ1v) is 6.07. The van der Waals surface area contributed by atoms with Crippen LogP contribution in [0, 0.1) is 0 Å². The first-order valence-electron chi connectivity index (χ1n) is 6.07. The molecule has 0 saturated heterocycles. The molecule has 0 aliphatic rings. The quantitative estimate of drug-likeness (QED) is 0.686. The second kappa shape index (κ2) is 7.58. The van der Waals surface area contributed by atoms with E-state index in [4.69, 9.17) is 5.11 Å². The predicted octanol–water partition coefficient (Wildman–Crippen LogP) is 1.08. The minimum absolute atomic E-state index is 0.0159. The minimum Gasteiger partial charge on any atom is -0.396 e. The second-order valence-electron chi connectivity index (χ2n) is 4.06. The first-order chi connectivity index (χ1) is 9.86. The number of aliphatic hydroxyl groups excluding tert-OH is 1. The summed E-state index contributed by atoms with van der Waals surface area (Å²) in [5.74, 6) is -2.81. The first kappa shape index (κ1) is 16.9. The summed E-state index contributed by atoms with van der Waals surface area (Å²) in [6, 6.07) is 1.20. The van der Waals surface area contributed by atoms with Crippen molar-refractivity contribution in [2.75, 3.05) is 18.5 Å². The third-order valence-corrected chi connectivity index (χ3v) is 2.44. The number of aromatic nitrogens is 1. The molecule has 0 aromatic carbocycles. The molecule has 0 saturated carbocycles. The van der Waals surface area contributed by atoms with Crippen LogP contribution in [0.25, 0.3) is 0 Å². The van der Waals surface area contributed by atoms with Crippen molar-refractivity contribution in [2.24, 2.45) is 0 Å². The Balaban J connectivity index is 2.75. The minimum atomic E-state index is -5.05. The van der Waals surface area contributed by atoms with Crippen LogP contribution in [0.2, 0.25) is 0 Å². The van der Waals surface area contributed by atoms with Gasteiger partial charge in [-0.05, 0) is 18.9 Å². The topological polar surface area (TPSA) is 91.3 Å². The van der Waals surface area contributed by atoms with E-state index in [1.807, 2.05) is 0 Å². The van der Waals surface area contributed by atoms with E-state index >= 15 is 0 Å². The van der Waals surface area contributed by atoms with Crippen molar-refractivity contribution < 1.29 is 27.9 Å². The molecule has 0 atom stereocenters. The molecule has 1 rings (SSSR count). The molecule has 0 bridgehead atoms. The van der Waals surface area contributed by atoms with E-state index in [1.54, 1.807) is 5.32 Å². The Bertz CT molecular complexity index is 506. The van der Waals surface area contributed by atoms with Gasteiger partial charge in [0.25, 0.3) is 5.91 Å². The number of alkyl halides is 3. The summed E-state index contributed by atoms with van der Waals surface area (Å²) >= 11 is 0. The van der Waals surface area contributed by atoms with Gasteiger partial charge in [-0.2, -0.15) is 13.2 Å². The van der Waals surface area contributed by atoms with E-state index < -0.39 is 18.0 Å². The fourth-order valence-electron chi connectivity index (χ4n) is 1.42. The lowest BCUT2D eigenvalue weighted by Crippen LogP contribution is -2.32. The van der Waals surface area contributed by atoms with Gasteiger partial charge in [-0.3, -0.25) is 14.6 Å². The highest BCUT2D eigenvalue weighted by molar-refractivity contribution is 6.04. The number of hydrogen-bond acceptors (Lipinski definition) is 4. The van der Waals surface area contributed by atoms with Crippen molar-refractivity contribution in [1.82, 2.24) is 10.3 Å². The van der Waals surface area contributed by atoms with Gasteiger partial charge < -0.3 is 15.7 Å². The lowest BCUT2D eigenvalue weighted by atomic mass is 10.2. The lowest BCUT2D eigenvalue weighted by Gasteiger charge is -2.12. The molecule has 6 nitrogen and oxygen atoms in total. The van der Waals surface area contributed by atoms with E-state index in [-0.39, 0.29) is 24.4 Å². The second-order valence-corrected chi connectivity index (χ2v) is 4.06. The fourth-order valence-corrected chi connectivity index (χ4v) is 1.42. The number of nitrogens with one attached hydrogen (secondary N) is 2. The smallest absolute Gasteiger partial charge is 0.396 e. The lowest BCUT2D eigenvalue weighted by molar-refractivity contribution is -0.167. The summed E-state index contributed by atoms with van der Waals surface area (Å²) in [5.41, 5.74) is -0.439. The predicted molar refractivity (Wildman–Crippen MR) is 67.6 cm³/mol. The largest absolute Gasteiger partial charge is 0.471 e. The van der Waals surface area contributed by atoms with Gasteiger partial charge in [-0.1, -0.05) is 0 Å². The molecule has 0 fully saturated rings. The van der Waals surface area contributed by atoms with Crippen molar-refractivity contribution in [2.45, 2.75) is 19.0 Å². The van der Waals surface area contributed by atoms with Crippen LogP contribution in [0.1, 0.15) is 23.2 Å². The average Bonchev–Trinajstić information content (AvgIpc) is 2.43. The normalized spacial score (nSPS) is 11.0. The van der Waals surface area contributed by atoms with Crippen molar-refractivity contribution in [3.05, 3.63) is 24.0 Å². The SMILES string of the molecule is O=C(NCCCCO)c1ccncc1NC(=O)C(F)(F)F. The van der Waals surface area contributed by atoms with Gasteiger partial charge in [0.15, 0.2) is 0 Å². The number of hydrogen-bond donors (Lipinski definition) is 3. The number of carbonyl (C=O) groups excluding carboxylic acids is 2. The zero-order chi connectivity index (χ0) is 15.9. The maximum atomic E-state index is 12.2. The average molecular weight is 305 g/mol. The van der Waals surface area contributed by atoms with Gasteiger partial charge in [-0.15, -0.1) is 0 Å². The van der Waals surface area contributed by atoms with Gasteiger partial charge in [0.05, 0.1) is 17.4 Å². The van der Waals surface area contributed by atoms with Gasteiger partial charge >= 0.3 is 12.1 Å². The number of amides is 2. The number of nitrogens with zero attached hydrogens (tertiary/aromatic N) is 1. The van der Waals surface area contributed by atoms with Crippen LogP contribution in [0.15, 0.2) is 18.5 Å². The maximum Gasteiger partial charge on any atom is 0.471 e. The Morgan fingerprint density at radius 1 is 1.29 bits per heavy atom. The number of aliphatic hydroxyl groups is 1. The third-order valence-electron chi connectivity index (χ3n) is 2.44. The van der Waals surface area contributed by atoms with Crippen LogP contribution in [0.5, 0.6) is 0 Å². The molecule has 21 heavy (non-hydrogen) atoms. The van der Waals surface area contributed by atoms with Crippen molar-refractivity contribution >= 4 is 17.5 Å². The van der Waals surface area contributed by atoms with Crippen molar-refractivity contribution in [3.63, 3.8) is 0 Å². The van der Waals surface area contributed by atoms with E-state index in [2.05, 4.69) is 10.3 Å². The van der Waals surface area contributed by atoms with E-state index in [9.17, 15) is 22.8 Å². The van der Waals surface area contributed by atoms with Crippen LogP contribution in [-0.4, -0.2) is 41.2 Å². The Morgan fingerprint density at radius 2 is 2.00 bits per heavy atom. The Morgan fingerprint density at radius 3 is 2.62 bits per heavy atom. The summed E-state index contributed by atoms with van der Waals surface area (Å²) in [6.45, 7) is 0.242. The number of pyridine rings is 1. The molecule has 9 heteroatoms. The van der Waals surface area contributed by atoms with Gasteiger partial charge in [0.1, 0.15) is 0 Å². The molecule has 1 aromatic heterocycles. The fraction of sp³-hybridized carbons (Fsp3) is 0.417. The number of rotatable bonds is 6. The van der Waals surface area contributed by atoms with Crippen LogP contribution in [-0.2, 0) is 4.79 Å². The van der Waals surface area contributed by atoms with Gasteiger partial charge in [0, 0.05) is 19.3 Å². The molecular weight excluding hydrogens is 291 g/mol. The van der Waals surface area contributed by atoms with Gasteiger partial charge in [-0.25, -0.2) is 0 Å². The summed E-state index contributed by atoms with van der Waals surface area (Å²) in [4.78, 5) is 26.3. The monoisotopic (exact) mass is 305 g/mol. The molecule has 116 valence electrons. The highest BCUT2D eigenvalue weighted by atomic mass is 19.4. The van der Waals surface area contributed by atoms with Gasteiger partial charge in [0.2, 0.25) is 0 Å². The van der Waals surface area contributed by atoms with Crippen LogP contribution in [0.3, 0.4) is 0 Å². The number of halogens is 3. The Kier molecular flexibility index (Phi) is 6.10. The summed E-state index contributed by atoms with van der Waals surface area (Å²) in [6.07, 6.45) is -1.84. The molecule has 2 amide bonds. The van der Waals surface area contributed by atoms with E-state index in [0.29, 0.717) is 12.8 Å². The highest BCUT2D eigenvalue weighted by Crippen LogP contribution is 2.20. The molecule has 0 aliphatic carbocycles. The summed E-state index contributed by atoms with van der Waals surface area (Å²) < 4.78 is 36.6. The number of anilines is 1. The molecule has 0 aliphatic heterocycles. The highest BCUT2D eigenvalue weighted by Gasteiger charge is 2.39. The van der Waals surface area contributed by atoms with Crippen molar-refractivity contribution in [3.8, 4) is 0 Å². The molecule has 1 heterocycles. The van der Waals surface area contributed by atoms with Crippen LogP contribution >= 0.6 is 0 Å². The maximum absolute atomic E-state index is 12.2. The molecule has 0 spiro atoms. The zero-order valence-electron chi connectivity index (χ0n) is 10.9. The van der Waals surface area contributed by atoms with E-state index in [1.165, 1.54) is 12.3 Å². The number of carbonyl (C=O) groups is 2. The molecule has 3 N–H and O–H groups in total. The zero-order valence-corrected chi connectivity index (χ0v) is 10.9. The number of unbranched alkanes of at least 4 members (excludes halogenated alkanes) is 1. The molecule has 0 radical (unpaired) electrons. The van der Waals surface area contributed by atoms with Crippen LogP contribution in [0.4, 0.5) is 18.9 Å². The summed E-state index contributed by atoms with van der Waals surface area (Å²) in [7, 11) is 0.